The molecule has 0 N–H and O–H groups in total. The molecule has 120 valence electrons. The average Bonchev–Trinajstić information content (AvgIpc) is 3.23. The maximum absolute atomic E-state index is 12.7. The van der Waals surface area contributed by atoms with Gasteiger partial charge in [-0.15, -0.1) is 11.3 Å². The summed E-state index contributed by atoms with van der Waals surface area (Å²) in [4.78, 5) is 21.8. The lowest BCUT2D eigenvalue weighted by Gasteiger charge is -2.23. The Balaban J connectivity index is 1.33. The monoisotopic (exact) mass is 319 g/mol. The molecule has 4 nitrogen and oxygen atoms in total. The van der Waals surface area contributed by atoms with E-state index in [-0.39, 0.29) is 5.92 Å². The number of fused-ring (bicyclic) bond motifs is 1. The number of carbonyl (C=O) groups is 1. The Morgan fingerprint density at radius 1 is 1.27 bits per heavy atom. The van der Waals surface area contributed by atoms with E-state index in [4.69, 9.17) is 0 Å². The van der Waals surface area contributed by atoms with E-state index in [0.717, 1.165) is 36.3 Å². The number of aromatic nitrogens is 1. The third-order valence-corrected chi connectivity index (χ3v) is 6.43. The molecule has 3 fully saturated rings. The van der Waals surface area contributed by atoms with Crippen molar-refractivity contribution < 1.29 is 4.79 Å². The molecule has 3 heterocycles. The minimum Gasteiger partial charge on any atom is -0.336 e. The molecule has 1 amide bonds. The standard InChI is InChI=1S/C17H25N3OS/c1-12-18-15(11-22-12)9-20-8-14-7-19(10-16(14)17(20)21)6-13-4-2-3-5-13/h11,13-14,16H,2-10H2,1H3/t14-,16-/m0/s1. The number of amides is 1. The second-order valence-electron chi connectivity index (χ2n) is 7.31. The van der Waals surface area contributed by atoms with E-state index in [9.17, 15) is 4.79 Å². The fourth-order valence-electron chi connectivity index (χ4n) is 4.56. The smallest absolute Gasteiger partial charge is 0.227 e. The molecule has 0 spiro atoms. The number of nitrogens with zero attached hydrogens (tertiary/aromatic N) is 3. The van der Waals surface area contributed by atoms with Crippen molar-refractivity contribution >= 4 is 17.2 Å². The van der Waals surface area contributed by atoms with Gasteiger partial charge in [0.05, 0.1) is 23.2 Å². The molecule has 22 heavy (non-hydrogen) atoms. The fraction of sp³-hybridized carbons (Fsp3) is 0.765. The van der Waals surface area contributed by atoms with Gasteiger partial charge in [0, 0.05) is 37.5 Å². The summed E-state index contributed by atoms with van der Waals surface area (Å²) in [5, 5.41) is 3.17. The van der Waals surface area contributed by atoms with Crippen LogP contribution in [0.15, 0.2) is 5.38 Å². The summed E-state index contributed by atoms with van der Waals surface area (Å²) in [6, 6.07) is 0. The highest BCUT2D eigenvalue weighted by molar-refractivity contribution is 7.09. The number of hydrogen-bond acceptors (Lipinski definition) is 4. The van der Waals surface area contributed by atoms with Crippen molar-refractivity contribution in [2.24, 2.45) is 17.8 Å². The molecule has 2 atom stereocenters. The summed E-state index contributed by atoms with van der Waals surface area (Å²) in [6.45, 7) is 7.01. The van der Waals surface area contributed by atoms with Crippen LogP contribution in [0.4, 0.5) is 0 Å². The molecule has 2 aliphatic heterocycles. The Morgan fingerprint density at radius 3 is 2.77 bits per heavy atom. The van der Waals surface area contributed by atoms with Crippen molar-refractivity contribution in [3.63, 3.8) is 0 Å². The summed E-state index contributed by atoms with van der Waals surface area (Å²) in [5.74, 6) is 2.06. The number of thiazole rings is 1. The van der Waals surface area contributed by atoms with Crippen molar-refractivity contribution in [3.8, 4) is 0 Å². The van der Waals surface area contributed by atoms with Crippen LogP contribution in [0.5, 0.6) is 0 Å². The molecule has 0 aromatic carbocycles. The molecule has 3 aliphatic rings. The fourth-order valence-corrected chi connectivity index (χ4v) is 5.16. The number of likely N-dealkylation sites (tertiary alicyclic amines) is 2. The highest BCUT2D eigenvalue weighted by Crippen LogP contribution is 2.35. The molecule has 5 heteroatoms. The molecule has 4 rings (SSSR count). The minimum absolute atomic E-state index is 0.251. The van der Waals surface area contributed by atoms with Crippen LogP contribution in [-0.2, 0) is 11.3 Å². The van der Waals surface area contributed by atoms with Gasteiger partial charge in [-0.05, 0) is 25.7 Å². The van der Waals surface area contributed by atoms with Crippen LogP contribution < -0.4 is 0 Å². The second-order valence-corrected chi connectivity index (χ2v) is 8.37. The van der Waals surface area contributed by atoms with E-state index in [1.807, 2.05) is 11.8 Å². The third kappa shape index (κ3) is 2.81. The van der Waals surface area contributed by atoms with E-state index >= 15 is 0 Å². The summed E-state index contributed by atoms with van der Waals surface area (Å²) < 4.78 is 0. The minimum atomic E-state index is 0.251. The van der Waals surface area contributed by atoms with E-state index < -0.39 is 0 Å². The molecule has 1 aromatic rings. The lowest BCUT2D eigenvalue weighted by Crippen LogP contribution is -2.34. The lowest BCUT2D eigenvalue weighted by molar-refractivity contribution is -0.131. The van der Waals surface area contributed by atoms with Crippen molar-refractivity contribution in [3.05, 3.63) is 16.1 Å². The van der Waals surface area contributed by atoms with Gasteiger partial charge in [-0.2, -0.15) is 0 Å². The number of rotatable bonds is 4. The topological polar surface area (TPSA) is 36.4 Å². The molecular formula is C17H25N3OS. The van der Waals surface area contributed by atoms with E-state index in [2.05, 4.69) is 15.3 Å². The predicted molar refractivity (Wildman–Crippen MR) is 87.6 cm³/mol. The third-order valence-electron chi connectivity index (χ3n) is 5.61. The van der Waals surface area contributed by atoms with Crippen molar-refractivity contribution in [1.29, 1.82) is 0 Å². The molecule has 1 aliphatic carbocycles. The normalized spacial score (nSPS) is 29.7. The first-order chi connectivity index (χ1) is 10.7. The summed E-state index contributed by atoms with van der Waals surface area (Å²) in [7, 11) is 0. The number of aryl methyl sites for hydroxylation is 1. The molecule has 1 aromatic heterocycles. The van der Waals surface area contributed by atoms with Gasteiger partial charge in [-0.1, -0.05) is 12.8 Å². The van der Waals surface area contributed by atoms with Gasteiger partial charge >= 0.3 is 0 Å². The van der Waals surface area contributed by atoms with Crippen LogP contribution in [0.25, 0.3) is 0 Å². The van der Waals surface area contributed by atoms with E-state index in [1.54, 1.807) is 11.3 Å². The van der Waals surface area contributed by atoms with Crippen molar-refractivity contribution in [2.75, 3.05) is 26.2 Å². The molecule has 0 unspecified atom stereocenters. The molecule has 0 radical (unpaired) electrons. The second kappa shape index (κ2) is 5.93. The molecule has 0 bridgehead atoms. The zero-order chi connectivity index (χ0) is 15.1. The van der Waals surface area contributed by atoms with Crippen LogP contribution in [0, 0.1) is 24.7 Å². The zero-order valence-electron chi connectivity index (χ0n) is 13.3. The van der Waals surface area contributed by atoms with Crippen LogP contribution in [0.3, 0.4) is 0 Å². The Labute approximate surface area is 136 Å². The van der Waals surface area contributed by atoms with Crippen molar-refractivity contribution in [2.45, 2.75) is 39.2 Å². The van der Waals surface area contributed by atoms with Gasteiger partial charge in [-0.3, -0.25) is 4.79 Å². The van der Waals surface area contributed by atoms with Gasteiger partial charge < -0.3 is 9.80 Å². The number of hydrogen-bond donors (Lipinski definition) is 0. The SMILES string of the molecule is Cc1nc(CN2C[C@@H]3CN(CC4CCCC4)C[C@@H]3C2=O)cs1. The van der Waals surface area contributed by atoms with E-state index in [0.29, 0.717) is 18.4 Å². The molecule has 1 saturated carbocycles. The van der Waals surface area contributed by atoms with Crippen LogP contribution >= 0.6 is 11.3 Å². The highest BCUT2D eigenvalue weighted by atomic mass is 32.1. The zero-order valence-corrected chi connectivity index (χ0v) is 14.1. The predicted octanol–water partition coefficient (Wildman–Crippen LogP) is 2.53. The average molecular weight is 319 g/mol. The Bertz CT molecular complexity index is 552. The Kier molecular flexibility index (Phi) is 3.95. The Hall–Kier alpha value is -0.940. The first-order valence-electron chi connectivity index (χ1n) is 8.61. The Morgan fingerprint density at radius 2 is 2.09 bits per heavy atom. The maximum Gasteiger partial charge on any atom is 0.227 e. The largest absolute Gasteiger partial charge is 0.336 e. The molecular weight excluding hydrogens is 294 g/mol. The van der Waals surface area contributed by atoms with Crippen molar-refractivity contribution in [1.82, 2.24) is 14.8 Å². The van der Waals surface area contributed by atoms with Crippen LogP contribution in [0.2, 0.25) is 0 Å². The van der Waals surface area contributed by atoms with Gasteiger partial charge in [0.15, 0.2) is 0 Å². The number of carbonyl (C=O) groups excluding carboxylic acids is 1. The first kappa shape index (κ1) is 14.6. The van der Waals surface area contributed by atoms with E-state index in [1.165, 1.54) is 32.2 Å². The maximum atomic E-state index is 12.7. The summed E-state index contributed by atoms with van der Waals surface area (Å²) in [5.41, 5.74) is 1.05. The highest BCUT2D eigenvalue weighted by Gasteiger charge is 2.46. The van der Waals surface area contributed by atoms with Gasteiger partial charge in [0.2, 0.25) is 5.91 Å². The molecule has 2 saturated heterocycles. The van der Waals surface area contributed by atoms with Crippen LogP contribution in [0.1, 0.15) is 36.4 Å². The summed E-state index contributed by atoms with van der Waals surface area (Å²) in [6.07, 6.45) is 5.61. The first-order valence-corrected chi connectivity index (χ1v) is 9.49. The van der Waals surface area contributed by atoms with Gasteiger partial charge in [-0.25, -0.2) is 4.98 Å². The lowest BCUT2D eigenvalue weighted by atomic mass is 10.0. The van der Waals surface area contributed by atoms with Gasteiger partial charge in [0.25, 0.3) is 0 Å². The summed E-state index contributed by atoms with van der Waals surface area (Å²) >= 11 is 1.67. The van der Waals surface area contributed by atoms with Gasteiger partial charge in [0.1, 0.15) is 0 Å². The quantitative estimate of drug-likeness (QED) is 0.856. The van der Waals surface area contributed by atoms with Crippen LogP contribution in [-0.4, -0.2) is 46.9 Å².